The second kappa shape index (κ2) is 4.67. The zero-order valence-electron chi connectivity index (χ0n) is 8.41. The first-order valence-electron chi connectivity index (χ1n) is 4.60. The summed E-state index contributed by atoms with van der Waals surface area (Å²) < 4.78 is 0. The number of halogens is 2. The van der Waals surface area contributed by atoms with Crippen LogP contribution in [0.3, 0.4) is 0 Å². The predicted octanol–water partition coefficient (Wildman–Crippen LogP) is 2.68. The van der Waals surface area contributed by atoms with E-state index in [0.29, 0.717) is 10.8 Å². The summed E-state index contributed by atoms with van der Waals surface area (Å²) in [5.41, 5.74) is 0. The van der Waals surface area contributed by atoms with Crippen molar-refractivity contribution in [1.82, 2.24) is 19.9 Å². The molecule has 2 aromatic rings. The molecule has 0 aliphatic carbocycles. The number of nitrogens with one attached hydrogen (secondary N) is 2. The van der Waals surface area contributed by atoms with E-state index in [9.17, 15) is 0 Å². The number of hydrogen-bond donors (Lipinski definition) is 2. The van der Waals surface area contributed by atoms with E-state index in [0.717, 1.165) is 5.82 Å². The van der Waals surface area contributed by atoms with Gasteiger partial charge in [0.15, 0.2) is 0 Å². The summed E-state index contributed by atoms with van der Waals surface area (Å²) in [7, 11) is 0. The highest BCUT2D eigenvalue weighted by Gasteiger charge is 2.11. The summed E-state index contributed by atoms with van der Waals surface area (Å²) in [4.78, 5) is 14.9. The topological polar surface area (TPSA) is 66.5 Å². The van der Waals surface area contributed by atoms with Crippen LogP contribution in [0, 0.1) is 0 Å². The highest BCUT2D eigenvalue weighted by molar-refractivity contribution is 6.33. The molecule has 2 heterocycles. The summed E-state index contributed by atoms with van der Waals surface area (Å²) in [5, 5.41) is 3.66. The van der Waals surface area contributed by atoms with E-state index in [1.165, 1.54) is 6.20 Å². The van der Waals surface area contributed by atoms with Crippen LogP contribution in [0.2, 0.25) is 10.3 Å². The Morgan fingerprint density at radius 3 is 2.88 bits per heavy atom. The number of aromatic nitrogens is 4. The van der Waals surface area contributed by atoms with Gasteiger partial charge in [0.1, 0.15) is 16.7 Å². The van der Waals surface area contributed by atoms with Gasteiger partial charge in [-0.3, -0.25) is 0 Å². The van der Waals surface area contributed by atoms with Crippen LogP contribution in [0.1, 0.15) is 18.8 Å². The Balaban J connectivity index is 2.17. The third-order valence-corrected chi connectivity index (χ3v) is 2.46. The lowest BCUT2D eigenvalue weighted by atomic mass is 10.3. The Bertz CT molecular complexity index is 471. The molecule has 0 bridgehead atoms. The van der Waals surface area contributed by atoms with E-state index in [1.54, 1.807) is 12.4 Å². The van der Waals surface area contributed by atoms with Crippen molar-refractivity contribution in [3.05, 3.63) is 34.7 Å². The van der Waals surface area contributed by atoms with Gasteiger partial charge in [-0.2, -0.15) is 4.98 Å². The minimum absolute atomic E-state index is 0.0431. The Labute approximate surface area is 102 Å². The Hall–Kier alpha value is -1.33. The molecule has 2 rings (SSSR count). The highest BCUT2D eigenvalue weighted by atomic mass is 35.5. The molecule has 1 atom stereocenters. The summed E-state index contributed by atoms with van der Waals surface area (Å²) in [6.45, 7) is 1.94. The molecule has 0 aliphatic heterocycles. The average molecular weight is 258 g/mol. The van der Waals surface area contributed by atoms with Crippen LogP contribution in [-0.2, 0) is 0 Å². The van der Waals surface area contributed by atoms with E-state index < -0.39 is 0 Å². The van der Waals surface area contributed by atoms with E-state index in [-0.39, 0.29) is 11.3 Å². The van der Waals surface area contributed by atoms with Gasteiger partial charge in [0, 0.05) is 12.4 Å². The van der Waals surface area contributed by atoms with Crippen molar-refractivity contribution < 1.29 is 0 Å². The van der Waals surface area contributed by atoms with Crippen LogP contribution in [0.25, 0.3) is 0 Å². The summed E-state index contributed by atoms with van der Waals surface area (Å²) in [6.07, 6.45) is 4.89. The molecule has 2 aromatic heterocycles. The maximum atomic E-state index is 5.92. The normalized spacial score (nSPS) is 12.4. The second-order valence-electron chi connectivity index (χ2n) is 3.18. The molecule has 1 unspecified atom stereocenters. The van der Waals surface area contributed by atoms with Gasteiger partial charge in [-0.15, -0.1) is 0 Å². The third kappa shape index (κ3) is 2.43. The molecule has 5 nitrogen and oxygen atoms in total. The van der Waals surface area contributed by atoms with Gasteiger partial charge in [0.2, 0.25) is 5.28 Å². The largest absolute Gasteiger partial charge is 0.359 e. The Morgan fingerprint density at radius 1 is 1.38 bits per heavy atom. The van der Waals surface area contributed by atoms with Crippen LogP contribution in [0.4, 0.5) is 5.82 Å². The molecule has 0 aromatic carbocycles. The number of aromatic amines is 1. The van der Waals surface area contributed by atoms with Gasteiger partial charge in [-0.1, -0.05) is 11.6 Å². The molecule has 0 saturated carbocycles. The van der Waals surface area contributed by atoms with Gasteiger partial charge in [0.25, 0.3) is 0 Å². The molecule has 2 N–H and O–H groups in total. The van der Waals surface area contributed by atoms with E-state index in [4.69, 9.17) is 23.2 Å². The average Bonchev–Trinajstić information content (AvgIpc) is 2.76. The minimum Gasteiger partial charge on any atom is -0.359 e. The van der Waals surface area contributed by atoms with Gasteiger partial charge >= 0.3 is 0 Å². The molecule has 84 valence electrons. The molecule has 0 radical (unpaired) electrons. The highest BCUT2D eigenvalue weighted by Crippen LogP contribution is 2.23. The van der Waals surface area contributed by atoms with Crippen LogP contribution in [0.5, 0.6) is 0 Å². The maximum Gasteiger partial charge on any atom is 0.224 e. The lowest BCUT2D eigenvalue weighted by Gasteiger charge is -2.12. The van der Waals surface area contributed by atoms with Crippen molar-refractivity contribution in [2.24, 2.45) is 0 Å². The minimum atomic E-state index is -0.0431. The van der Waals surface area contributed by atoms with Gasteiger partial charge in [-0.25, -0.2) is 9.97 Å². The number of imidazole rings is 1. The molecule has 0 spiro atoms. The number of anilines is 1. The number of hydrogen-bond acceptors (Lipinski definition) is 4. The molecule has 7 heteroatoms. The third-order valence-electron chi connectivity index (χ3n) is 2.00. The van der Waals surface area contributed by atoms with Crippen LogP contribution >= 0.6 is 23.2 Å². The Kier molecular flexibility index (Phi) is 3.26. The molecule has 0 amide bonds. The first kappa shape index (κ1) is 11.2. The van der Waals surface area contributed by atoms with Crippen molar-refractivity contribution in [2.45, 2.75) is 13.0 Å². The standard InChI is InChI=1S/C9H9Cl2N5/c1-5(7-12-2-3-13-7)15-8-6(10)4-14-9(11)16-8/h2-5H,1H3,(H,12,13)(H,14,15,16). The van der Waals surface area contributed by atoms with Crippen molar-refractivity contribution in [2.75, 3.05) is 5.32 Å². The summed E-state index contributed by atoms with van der Waals surface area (Å²) >= 11 is 11.6. The van der Waals surface area contributed by atoms with Gasteiger partial charge in [-0.05, 0) is 18.5 Å². The van der Waals surface area contributed by atoms with E-state index in [2.05, 4.69) is 25.3 Å². The number of rotatable bonds is 3. The van der Waals surface area contributed by atoms with Crippen LogP contribution in [-0.4, -0.2) is 19.9 Å². The van der Waals surface area contributed by atoms with Gasteiger partial charge in [0.05, 0.1) is 12.2 Å². The quantitative estimate of drug-likeness (QED) is 0.830. The smallest absolute Gasteiger partial charge is 0.224 e. The zero-order chi connectivity index (χ0) is 11.5. The summed E-state index contributed by atoms with van der Waals surface area (Å²) in [6, 6.07) is -0.0431. The number of H-pyrrole nitrogens is 1. The fraction of sp³-hybridized carbons (Fsp3) is 0.222. The predicted molar refractivity (Wildman–Crippen MR) is 62.7 cm³/mol. The van der Waals surface area contributed by atoms with Crippen molar-refractivity contribution in [3.63, 3.8) is 0 Å². The van der Waals surface area contributed by atoms with Gasteiger partial charge < -0.3 is 10.3 Å². The molecule has 0 saturated heterocycles. The van der Waals surface area contributed by atoms with E-state index >= 15 is 0 Å². The lowest BCUT2D eigenvalue weighted by Crippen LogP contribution is -2.10. The van der Waals surface area contributed by atoms with Crippen molar-refractivity contribution in [3.8, 4) is 0 Å². The fourth-order valence-corrected chi connectivity index (χ4v) is 1.51. The summed E-state index contributed by atoms with van der Waals surface area (Å²) in [5.74, 6) is 1.29. The lowest BCUT2D eigenvalue weighted by molar-refractivity contribution is 0.802. The Morgan fingerprint density at radius 2 is 2.19 bits per heavy atom. The van der Waals surface area contributed by atoms with Crippen molar-refractivity contribution in [1.29, 1.82) is 0 Å². The van der Waals surface area contributed by atoms with Crippen LogP contribution < -0.4 is 5.32 Å². The molecular formula is C9H9Cl2N5. The second-order valence-corrected chi connectivity index (χ2v) is 3.92. The monoisotopic (exact) mass is 257 g/mol. The first-order chi connectivity index (χ1) is 7.66. The molecule has 0 aliphatic rings. The number of nitrogens with zero attached hydrogens (tertiary/aromatic N) is 3. The molecule has 16 heavy (non-hydrogen) atoms. The molecule has 0 fully saturated rings. The SMILES string of the molecule is CC(Nc1nc(Cl)ncc1Cl)c1ncc[nH]1. The fourth-order valence-electron chi connectivity index (χ4n) is 1.23. The van der Waals surface area contributed by atoms with E-state index in [1.807, 2.05) is 6.92 Å². The molecular weight excluding hydrogens is 249 g/mol. The van der Waals surface area contributed by atoms with Crippen LogP contribution in [0.15, 0.2) is 18.6 Å². The zero-order valence-corrected chi connectivity index (χ0v) is 9.92. The van der Waals surface area contributed by atoms with Crippen molar-refractivity contribution >= 4 is 29.0 Å². The first-order valence-corrected chi connectivity index (χ1v) is 5.36. The maximum absolute atomic E-state index is 5.92.